The van der Waals surface area contributed by atoms with Crippen LogP contribution in [0, 0.1) is 6.92 Å². The number of aliphatic hydroxyl groups excluding tert-OH is 1. The molecule has 1 saturated heterocycles. The lowest BCUT2D eigenvalue weighted by molar-refractivity contribution is -0.132. The smallest absolute Gasteiger partial charge is 0.301 e. The lowest BCUT2D eigenvalue weighted by Crippen LogP contribution is -2.29. The Labute approximate surface area is 177 Å². The molecule has 0 radical (unpaired) electrons. The summed E-state index contributed by atoms with van der Waals surface area (Å²) in [6.07, 6.45) is 0. The van der Waals surface area contributed by atoms with Gasteiger partial charge in [0.1, 0.15) is 16.5 Å². The number of aryl methyl sites for hydroxylation is 1. The van der Waals surface area contributed by atoms with Gasteiger partial charge in [-0.2, -0.15) is 0 Å². The maximum Gasteiger partial charge on any atom is 0.301 e. The molecule has 0 bridgehead atoms. The maximum atomic E-state index is 13.0. The van der Waals surface area contributed by atoms with E-state index in [1.807, 2.05) is 37.3 Å². The molecule has 1 aliphatic heterocycles. The van der Waals surface area contributed by atoms with Gasteiger partial charge in [-0.05, 0) is 43.7 Å². The number of ether oxygens (including phenoxy) is 1. The highest BCUT2D eigenvalue weighted by Crippen LogP contribution is 2.42. The number of ketones is 1. The molecule has 152 valence electrons. The third-order valence-electron chi connectivity index (χ3n) is 4.72. The monoisotopic (exact) mass is 421 g/mol. The van der Waals surface area contributed by atoms with Crippen molar-refractivity contribution in [1.29, 1.82) is 0 Å². The molecule has 0 spiro atoms. The van der Waals surface area contributed by atoms with Gasteiger partial charge in [-0.25, -0.2) is 0 Å². The van der Waals surface area contributed by atoms with Crippen molar-refractivity contribution in [1.82, 2.24) is 10.2 Å². The van der Waals surface area contributed by atoms with E-state index in [0.29, 0.717) is 33.6 Å². The van der Waals surface area contributed by atoms with E-state index in [4.69, 9.17) is 4.74 Å². The normalized spacial score (nSPS) is 18.1. The maximum absolute atomic E-state index is 13.0. The minimum Gasteiger partial charge on any atom is -0.507 e. The van der Waals surface area contributed by atoms with E-state index in [0.717, 1.165) is 0 Å². The third-order valence-corrected chi connectivity index (χ3v) is 5.56. The molecule has 0 aliphatic carbocycles. The molecule has 3 aromatic rings. The number of hydrogen-bond donors (Lipinski definition) is 1. The van der Waals surface area contributed by atoms with Gasteiger partial charge in [-0.1, -0.05) is 41.7 Å². The summed E-state index contributed by atoms with van der Waals surface area (Å²) in [5.41, 5.74) is 1.13. The first kappa shape index (κ1) is 19.8. The van der Waals surface area contributed by atoms with Crippen molar-refractivity contribution in [3.05, 3.63) is 76.3 Å². The number of amides is 1. The Kier molecular flexibility index (Phi) is 5.33. The van der Waals surface area contributed by atoms with Crippen LogP contribution in [0.2, 0.25) is 0 Å². The number of aliphatic hydroxyl groups is 1. The molecule has 30 heavy (non-hydrogen) atoms. The Morgan fingerprint density at radius 3 is 2.40 bits per heavy atom. The van der Waals surface area contributed by atoms with Crippen molar-refractivity contribution < 1.29 is 19.4 Å². The fourth-order valence-electron chi connectivity index (χ4n) is 3.40. The molecule has 0 saturated carbocycles. The van der Waals surface area contributed by atoms with Crippen LogP contribution in [0.25, 0.3) is 5.76 Å². The molecule has 2 aromatic carbocycles. The second-order valence-corrected chi connectivity index (χ2v) is 7.80. The average Bonchev–Trinajstić information content (AvgIpc) is 3.30. The van der Waals surface area contributed by atoms with Crippen LogP contribution < -0.4 is 9.64 Å². The lowest BCUT2D eigenvalue weighted by atomic mass is 9.95. The van der Waals surface area contributed by atoms with E-state index in [1.54, 1.807) is 31.2 Å². The minimum atomic E-state index is -0.801. The van der Waals surface area contributed by atoms with Crippen molar-refractivity contribution >= 4 is 33.9 Å². The first-order valence-electron chi connectivity index (χ1n) is 9.40. The van der Waals surface area contributed by atoms with Crippen LogP contribution in [0.3, 0.4) is 0 Å². The summed E-state index contributed by atoms with van der Waals surface area (Å²) in [7, 11) is 0. The summed E-state index contributed by atoms with van der Waals surface area (Å²) in [6.45, 7) is 4.17. The number of anilines is 1. The molecule has 1 aliphatic rings. The second kappa shape index (κ2) is 8.08. The number of carbonyl (C=O) groups is 2. The summed E-state index contributed by atoms with van der Waals surface area (Å²) in [6, 6.07) is 15.0. The largest absolute Gasteiger partial charge is 0.507 e. The van der Waals surface area contributed by atoms with Crippen LogP contribution in [0.1, 0.15) is 29.1 Å². The number of carbonyl (C=O) groups excluding carboxylic acids is 2. The molecule has 0 unspecified atom stereocenters. The van der Waals surface area contributed by atoms with Crippen LogP contribution in [0.4, 0.5) is 5.13 Å². The Bertz CT molecular complexity index is 1120. The van der Waals surface area contributed by atoms with Crippen LogP contribution in [0.15, 0.2) is 60.2 Å². The zero-order valence-corrected chi connectivity index (χ0v) is 17.2. The van der Waals surface area contributed by atoms with Gasteiger partial charge >= 0.3 is 5.91 Å². The van der Waals surface area contributed by atoms with Crippen molar-refractivity contribution in [2.75, 3.05) is 11.5 Å². The van der Waals surface area contributed by atoms with E-state index in [2.05, 4.69) is 10.2 Å². The average molecular weight is 421 g/mol. The van der Waals surface area contributed by atoms with Gasteiger partial charge in [0.05, 0.1) is 18.2 Å². The van der Waals surface area contributed by atoms with E-state index < -0.39 is 17.7 Å². The summed E-state index contributed by atoms with van der Waals surface area (Å²) in [4.78, 5) is 27.2. The first-order valence-corrected chi connectivity index (χ1v) is 10.2. The van der Waals surface area contributed by atoms with Crippen LogP contribution in [0.5, 0.6) is 5.75 Å². The fourth-order valence-corrected chi connectivity index (χ4v) is 4.11. The zero-order valence-electron chi connectivity index (χ0n) is 16.4. The van der Waals surface area contributed by atoms with Gasteiger partial charge < -0.3 is 9.84 Å². The third kappa shape index (κ3) is 3.46. The van der Waals surface area contributed by atoms with E-state index in [1.165, 1.54) is 16.2 Å². The van der Waals surface area contributed by atoms with Gasteiger partial charge in [0.15, 0.2) is 0 Å². The summed E-state index contributed by atoms with van der Waals surface area (Å²) in [5.74, 6) is -1.09. The second-order valence-electron chi connectivity index (χ2n) is 6.64. The minimum absolute atomic E-state index is 0.0169. The predicted octanol–water partition coefficient (Wildman–Crippen LogP) is 3.87. The molecule has 8 heteroatoms. The van der Waals surface area contributed by atoms with Gasteiger partial charge in [-0.3, -0.25) is 14.5 Å². The van der Waals surface area contributed by atoms with Crippen LogP contribution >= 0.6 is 11.3 Å². The quantitative estimate of drug-likeness (QED) is 0.382. The van der Waals surface area contributed by atoms with Crippen LogP contribution in [-0.4, -0.2) is 33.6 Å². The topological polar surface area (TPSA) is 92.6 Å². The van der Waals surface area contributed by atoms with E-state index in [9.17, 15) is 14.7 Å². The number of Topliss-reactive ketones (excluding diaryl/α,β-unsaturated/α-hetero) is 1. The molecule has 7 nitrogen and oxygen atoms in total. The Morgan fingerprint density at radius 2 is 1.80 bits per heavy atom. The molecule has 1 N–H and O–H groups in total. The number of hydrogen-bond acceptors (Lipinski definition) is 7. The van der Waals surface area contributed by atoms with Gasteiger partial charge in [0, 0.05) is 5.56 Å². The van der Waals surface area contributed by atoms with Gasteiger partial charge in [0.25, 0.3) is 5.78 Å². The molecule has 1 atom stereocenters. The number of aromatic nitrogens is 2. The first-order chi connectivity index (χ1) is 14.5. The van der Waals surface area contributed by atoms with E-state index >= 15 is 0 Å². The van der Waals surface area contributed by atoms with E-state index in [-0.39, 0.29) is 11.3 Å². The summed E-state index contributed by atoms with van der Waals surface area (Å²) < 4.78 is 5.43. The molecule has 1 amide bonds. The summed E-state index contributed by atoms with van der Waals surface area (Å²) >= 11 is 1.22. The highest BCUT2D eigenvalue weighted by Gasteiger charge is 2.48. The molecular weight excluding hydrogens is 402 g/mol. The van der Waals surface area contributed by atoms with Crippen molar-refractivity contribution in [2.24, 2.45) is 0 Å². The predicted molar refractivity (Wildman–Crippen MR) is 113 cm³/mol. The molecular formula is C22H19N3O4S. The number of nitrogens with zero attached hydrogens (tertiary/aromatic N) is 3. The Balaban J connectivity index is 1.87. The highest BCUT2D eigenvalue weighted by molar-refractivity contribution is 7.15. The molecule has 2 heterocycles. The molecule has 1 fully saturated rings. The Hall–Kier alpha value is -3.52. The fraction of sp³-hybridized carbons (Fsp3) is 0.182. The number of benzene rings is 2. The Morgan fingerprint density at radius 1 is 1.10 bits per heavy atom. The standard InChI is InChI=1S/C22H19N3O4S/c1-3-29-16-11-9-15(10-12-16)19(26)17-18(14-7-5-4-6-8-14)25(21(28)20(17)27)22-24-23-13(2)30-22/h4-12,18,26H,3H2,1-2H3/t18-/m1/s1. The SMILES string of the molecule is CCOc1ccc(C(O)=C2C(=O)C(=O)N(c3nnc(C)s3)[C@@H]2c2ccccc2)cc1. The van der Waals surface area contributed by atoms with Gasteiger partial charge in [0.2, 0.25) is 5.13 Å². The zero-order chi connectivity index (χ0) is 21.3. The van der Waals surface area contributed by atoms with Gasteiger partial charge in [-0.15, -0.1) is 10.2 Å². The molecule has 4 rings (SSSR count). The van der Waals surface area contributed by atoms with Crippen LogP contribution in [-0.2, 0) is 9.59 Å². The van der Waals surface area contributed by atoms with Crippen molar-refractivity contribution in [2.45, 2.75) is 19.9 Å². The lowest BCUT2D eigenvalue weighted by Gasteiger charge is -2.22. The summed E-state index contributed by atoms with van der Waals surface area (Å²) in [5, 5.41) is 20.1. The number of rotatable bonds is 5. The molecule has 1 aromatic heterocycles. The highest BCUT2D eigenvalue weighted by atomic mass is 32.1. The van der Waals surface area contributed by atoms with Crippen molar-refractivity contribution in [3.8, 4) is 5.75 Å². The van der Waals surface area contributed by atoms with Crippen molar-refractivity contribution in [3.63, 3.8) is 0 Å².